The van der Waals surface area contributed by atoms with E-state index in [0.29, 0.717) is 16.2 Å². The van der Waals surface area contributed by atoms with Gasteiger partial charge in [-0.25, -0.2) is 0 Å². The normalized spacial score (nSPS) is 11.3. The Bertz CT molecular complexity index is 1010. The lowest BCUT2D eigenvalue weighted by Crippen LogP contribution is -2.01. The average Bonchev–Trinajstić information content (AvgIpc) is 2.70. The van der Waals surface area contributed by atoms with Gasteiger partial charge in [-0.15, -0.1) is 0 Å². The molecule has 3 aromatic rings. The van der Waals surface area contributed by atoms with E-state index in [1.54, 1.807) is 36.4 Å². The Morgan fingerprint density at radius 3 is 2.18 bits per heavy atom. The average molecular weight is 520 g/mol. The molecule has 0 aliphatic rings. The number of phenolic OH excluding ortho intramolecular Hbond substituents is 1. The van der Waals surface area contributed by atoms with Gasteiger partial charge in [-0.1, -0.05) is 49.7 Å². The largest absolute Gasteiger partial charge is 0.504 e. The topological polar surface area (TPSA) is 46.5 Å². The molecule has 0 saturated heterocycles. The molecule has 0 atom stereocenters. The maximum absolute atomic E-state index is 13.2. The lowest BCUT2D eigenvalue weighted by atomic mass is 10.1. The second-order valence-electron chi connectivity index (χ2n) is 5.83. The number of ether oxygens (including phenoxy) is 1. The van der Waals surface area contributed by atoms with Gasteiger partial charge in [0.05, 0.1) is 12.0 Å². The van der Waals surface area contributed by atoms with Crippen LogP contribution in [0.5, 0.6) is 11.5 Å². The van der Waals surface area contributed by atoms with Crippen molar-refractivity contribution in [3.63, 3.8) is 0 Å². The molecule has 3 nitrogen and oxygen atoms in total. The Balaban J connectivity index is 2.01. The van der Waals surface area contributed by atoms with Crippen molar-refractivity contribution in [3.8, 4) is 11.5 Å². The van der Waals surface area contributed by atoms with Gasteiger partial charge in [0.1, 0.15) is 0 Å². The monoisotopic (exact) mass is 518 g/mol. The summed E-state index contributed by atoms with van der Waals surface area (Å²) in [6.45, 7) is 0. The first-order chi connectivity index (χ1) is 13.5. The van der Waals surface area contributed by atoms with Crippen LogP contribution in [0.4, 0.5) is 0 Å². The van der Waals surface area contributed by atoms with Crippen LogP contribution in [-0.2, 0) is 0 Å². The van der Waals surface area contributed by atoms with Gasteiger partial charge in [0.15, 0.2) is 17.3 Å². The zero-order valence-corrected chi connectivity index (χ0v) is 18.8. The highest BCUT2D eigenvalue weighted by atomic mass is 79.9. The number of carbonyl (C=O) groups excluding carboxylic acids is 1. The molecule has 0 aromatic heterocycles. The molecule has 0 radical (unpaired) electrons. The van der Waals surface area contributed by atoms with Crippen molar-refractivity contribution in [2.24, 2.45) is 0 Å². The molecule has 0 fully saturated rings. The van der Waals surface area contributed by atoms with Crippen LogP contribution in [0.25, 0.3) is 6.08 Å². The van der Waals surface area contributed by atoms with Gasteiger partial charge in [-0.3, -0.25) is 4.79 Å². The van der Waals surface area contributed by atoms with Crippen LogP contribution in [0, 0.1) is 0 Å². The van der Waals surface area contributed by atoms with E-state index >= 15 is 0 Å². The molecule has 0 heterocycles. The van der Waals surface area contributed by atoms with E-state index in [-0.39, 0.29) is 11.5 Å². The van der Waals surface area contributed by atoms with E-state index in [1.807, 2.05) is 36.4 Å². The minimum Gasteiger partial charge on any atom is -0.504 e. The highest BCUT2D eigenvalue weighted by Gasteiger charge is 2.15. The molecule has 6 heteroatoms. The quantitative estimate of drug-likeness (QED) is 0.217. The molecular formula is C22H16Br2O3S. The summed E-state index contributed by atoms with van der Waals surface area (Å²) in [6, 6.07) is 20.1. The van der Waals surface area contributed by atoms with E-state index < -0.39 is 0 Å². The highest BCUT2D eigenvalue weighted by Crippen LogP contribution is 2.34. The molecule has 142 valence electrons. The maximum atomic E-state index is 13.2. The smallest absolute Gasteiger partial charge is 0.199 e. The zero-order valence-electron chi connectivity index (χ0n) is 14.9. The maximum Gasteiger partial charge on any atom is 0.199 e. The number of rotatable bonds is 6. The minimum absolute atomic E-state index is 0.0565. The summed E-state index contributed by atoms with van der Waals surface area (Å²) in [5.41, 5.74) is 1.37. The van der Waals surface area contributed by atoms with Crippen LogP contribution in [0.2, 0.25) is 0 Å². The fraction of sp³-hybridized carbons (Fsp3) is 0.0455. The molecule has 1 N–H and O–H groups in total. The number of Topliss-reactive ketones (excluding diaryl/α,β-unsaturated/α-hetero) is 1. The van der Waals surface area contributed by atoms with E-state index in [9.17, 15) is 9.90 Å². The summed E-state index contributed by atoms with van der Waals surface area (Å²) in [4.78, 5) is 14.7. The number of aromatic hydroxyl groups is 1. The van der Waals surface area contributed by atoms with E-state index in [1.165, 1.54) is 18.9 Å². The standard InChI is InChI=1S/C22H16Br2O3S/c1-27-20-12-14(2-11-19(20)25)13-21(28-18-9-7-17(24)8-10-18)22(26)15-3-5-16(23)6-4-15/h2-13,25H,1H3/b21-13+. The summed E-state index contributed by atoms with van der Waals surface area (Å²) in [5, 5.41) is 9.82. The second kappa shape index (κ2) is 9.45. The number of hydrogen-bond donors (Lipinski definition) is 1. The molecule has 0 spiro atoms. The van der Waals surface area contributed by atoms with Crippen LogP contribution in [-0.4, -0.2) is 18.0 Å². The van der Waals surface area contributed by atoms with Crippen molar-refractivity contribution in [1.29, 1.82) is 0 Å². The Labute approximate surface area is 184 Å². The van der Waals surface area contributed by atoms with Gasteiger partial charge in [-0.2, -0.15) is 0 Å². The van der Waals surface area contributed by atoms with Crippen molar-refractivity contribution in [2.45, 2.75) is 4.90 Å². The molecule has 3 aromatic carbocycles. The minimum atomic E-state index is -0.0764. The third kappa shape index (κ3) is 5.28. The van der Waals surface area contributed by atoms with E-state index in [0.717, 1.165) is 19.4 Å². The van der Waals surface area contributed by atoms with Crippen LogP contribution in [0.1, 0.15) is 15.9 Å². The van der Waals surface area contributed by atoms with Crippen molar-refractivity contribution in [2.75, 3.05) is 7.11 Å². The van der Waals surface area contributed by atoms with Crippen molar-refractivity contribution in [1.82, 2.24) is 0 Å². The summed E-state index contributed by atoms with van der Waals surface area (Å²) in [6.07, 6.45) is 1.80. The number of carbonyl (C=O) groups is 1. The fourth-order valence-electron chi connectivity index (χ4n) is 2.45. The Hall–Kier alpha value is -2.02. The lowest BCUT2D eigenvalue weighted by molar-refractivity contribution is 0.104. The molecular weight excluding hydrogens is 504 g/mol. The van der Waals surface area contributed by atoms with Gasteiger partial charge >= 0.3 is 0 Å². The Morgan fingerprint density at radius 1 is 0.964 bits per heavy atom. The zero-order chi connectivity index (χ0) is 20.1. The number of halogens is 2. The molecule has 0 amide bonds. The number of ketones is 1. The van der Waals surface area contributed by atoms with Crippen LogP contribution < -0.4 is 4.74 Å². The van der Waals surface area contributed by atoms with Crippen molar-refractivity contribution >= 4 is 55.5 Å². The van der Waals surface area contributed by atoms with Crippen LogP contribution >= 0.6 is 43.6 Å². The molecule has 28 heavy (non-hydrogen) atoms. The molecule has 0 aliphatic heterocycles. The van der Waals surface area contributed by atoms with E-state index in [4.69, 9.17) is 4.74 Å². The second-order valence-corrected chi connectivity index (χ2v) is 8.78. The summed E-state index contributed by atoms with van der Waals surface area (Å²) < 4.78 is 7.07. The number of thioether (sulfide) groups is 1. The highest BCUT2D eigenvalue weighted by molar-refractivity contribution is 9.10. The van der Waals surface area contributed by atoms with Gasteiger partial charge in [0.25, 0.3) is 0 Å². The first kappa shape index (κ1) is 20.7. The molecule has 0 unspecified atom stereocenters. The van der Waals surface area contributed by atoms with Gasteiger partial charge in [0.2, 0.25) is 0 Å². The predicted octanol–water partition coefficient (Wildman–Crippen LogP) is 6.94. The molecule has 0 aliphatic carbocycles. The number of benzene rings is 3. The van der Waals surface area contributed by atoms with Crippen LogP contribution in [0.3, 0.4) is 0 Å². The first-order valence-corrected chi connectivity index (χ1v) is 10.7. The predicted molar refractivity (Wildman–Crippen MR) is 121 cm³/mol. The number of allylic oxidation sites excluding steroid dienone is 1. The molecule has 3 rings (SSSR count). The summed E-state index contributed by atoms with van der Waals surface area (Å²) >= 11 is 8.22. The number of phenols is 1. The number of methoxy groups -OCH3 is 1. The summed E-state index contributed by atoms with van der Waals surface area (Å²) in [5.74, 6) is 0.339. The van der Waals surface area contributed by atoms with Gasteiger partial charge < -0.3 is 9.84 Å². The van der Waals surface area contributed by atoms with Crippen molar-refractivity contribution < 1.29 is 14.6 Å². The molecule has 0 bridgehead atoms. The Morgan fingerprint density at radius 2 is 1.57 bits per heavy atom. The molecule has 0 saturated carbocycles. The van der Waals surface area contributed by atoms with E-state index in [2.05, 4.69) is 31.9 Å². The fourth-order valence-corrected chi connectivity index (χ4v) is 3.91. The first-order valence-electron chi connectivity index (χ1n) is 8.28. The lowest BCUT2D eigenvalue weighted by Gasteiger charge is -2.09. The van der Waals surface area contributed by atoms with Gasteiger partial charge in [-0.05, 0) is 72.3 Å². The van der Waals surface area contributed by atoms with Crippen molar-refractivity contribution in [3.05, 3.63) is 91.7 Å². The van der Waals surface area contributed by atoms with Gasteiger partial charge in [0, 0.05) is 19.4 Å². The SMILES string of the molecule is COc1cc(/C=C(/Sc2ccc(Br)cc2)C(=O)c2ccc(Br)cc2)ccc1O. The number of hydrogen-bond acceptors (Lipinski definition) is 4. The van der Waals surface area contributed by atoms with Crippen LogP contribution in [0.15, 0.2) is 85.5 Å². The third-order valence-corrected chi connectivity index (χ3v) is 5.96. The Kier molecular flexibility index (Phi) is 6.99. The third-order valence-electron chi connectivity index (χ3n) is 3.87. The summed E-state index contributed by atoms with van der Waals surface area (Å²) in [7, 11) is 1.49.